The van der Waals surface area contributed by atoms with Crippen LogP contribution in [0, 0.1) is 0 Å². The highest BCUT2D eigenvalue weighted by atomic mass is 32.2. The van der Waals surface area contributed by atoms with E-state index in [0.29, 0.717) is 17.3 Å². The molecule has 1 heterocycles. The first-order chi connectivity index (χ1) is 14.7. The average molecular weight is 441 g/mol. The van der Waals surface area contributed by atoms with Gasteiger partial charge in [0.1, 0.15) is 0 Å². The van der Waals surface area contributed by atoms with Gasteiger partial charge in [0.25, 0.3) is 0 Å². The van der Waals surface area contributed by atoms with Crippen molar-refractivity contribution in [1.82, 2.24) is 0 Å². The lowest BCUT2D eigenvalue weighted by molar-refractivity contribution is -0.138. The number of aliphatic carboxylic acids is 1. The van der Waals surface area contributed by atoms with Crippen LogP contribution in [0.3, 0.4) is 0 Å². The van der Waals surface area contributed by atoms with Gasteiger partial charge in [-0.2, -0.15) is 0 Å². The summed E-state index contributed by atoms with van der Waals surface area (Å²) in [6, 6.07) is 14.4. The van der Waals surface area contributed by atoms with Gasteiger partial charge in [-0.15, -0.1) is 11.8 Å². The van der Waals surface area contributed by atoms with Crippen molar-refractivity contribution >= 4 is 46.8 Å². The molecule has 0 spiro atoms. The number of anilines is 2. The summed E-state index contributed by atoms with van der Waals surface area (Å²) in [5.74, 6) is -1.49. The number of nitrogens with one attached hydrogen (secondary N) is 1. The lowest BCUT2D eigenvalue weighted by atomic mass is 10.0. The maximum atomic E-state index is 12.9. The van der Waals surface area contributed by atoms with Crippen molar-refractivity contribution in [2.75, 3.05) is 10.2 Å². The number of carbonyl (C=O) groups is 4. The second kappa shape index (κ2) is 9.78. The number of thioether (sulfide) groups is 1. The van der Waals surface area contributed by atoms with Crippen LogP contribution in [0.15, 0.2) is 53.4 Å². The topological polar surface area (TPSA) is 104 Å². The number of nitrogens with zero attached hydrogens (tertiary/aromatic N) is 1. The first kappa shape index (κ1) is 22.6. The number of carboxylic acid groups (broad SMARTS) is 1. The van der Waals surface area contributed by atoms with Gasteiger partial charge in [0, 0.05) is 23.4 Å². The Hall–Kier alpha value is -3.13. The van der Waals surface area contributed by atoms with Crippen LogP contribution in [0.2, 0.25) is 0 Å². The molecule has 0 aromatic heterocycles. The van der Waals surface area contributed by atoms with E-state index in [1.54, 1.807) is 36.4 Å². The fourth-order valence-corrected chi connectivity index (χ4v) is 4.25. The van der Waals surface area contributed by atoms with Crippen molar-refractivity contribution in [1.29, 1.82) is 0 Å². The minimum absolute atomic E-state index is 0.0987. The lowest BCUT2D eigenvalue weighted by Crippen LogP contribution is -2.31. The van der Waals surface area contributed by atoms with Crippen LogP contribution >= 0.6 is 11.8 Å². The molecule has 3 rings (SSSR count). The molecule has 0 radical (unpaired) electrons. The summed E-state index contributed by atoms with van der Waals surface area (Å²) < 4.78 is 0. The van der Waals surface area contributed by atoms with Crippen LogP contribution < -0.4 is 10.2 Å². The Kier molecular flexibility index (Phi) is 7.12. The Balaban J connectivity index is 1.61. The fourth-order valence-electron chi connectivity index (χ4n) is 3.20. The maximum Gasteiger partial charge on any atom is 0.303 e. The molecule has 1 aliphatic rings. The number of carboxylic acids is 1. The first-order valence-corrected chi connectivity index (χ1v) is 10.9. The van der Waals surface area contributed by atoms with Crippen molar-refractivity contribution < 1.29 is 24.3 Å². The Bertz CT molecular complexity index is 986. The summed E-state index contributed by atoms with van der Waals surface area (Å²) >= 11 is 1.31. The van der Waals surface area contributed by atoms with E-state index in [2.05, 4.69) is 19.2 Å². The molecular formula is C23H24N2O5S. The van der Waals surface area contributed by atoms with Crippen molar-refractivity contribution in [3.63, 3.8) is 0 Å². The van der Waals surface area contributed by atoms with Crippen LogP contribution in [0.5, 0.6) is 0 Å². The van der Waals surface area contributed by atoms with Crippen molar-refractivity contribution in [3.05, 3.63) is 54.1 Å². The van der Waals surface area contributed by atoms with Crippen LogP contribution in [-0.2, 0) is 19.2 Å². The predicted molar refractivity (Wildman–Crippen MR) is 119 cm³/mol. The third-order valence-corrected chi connectivity index (χ3v) is 6.10. The van der Waals surface area contributed by atoms with Crippen molar-refractivity contribution in [3.8, 4) is 0 Å². The van der Waals surface area contributed by atoms with Gasteiger partial charge in [0.2, 0.25) is 17.7 Å². The number of amides is 3. The van der Waals surface area contributed by atoms with E-state index in [1.165, 1.54) is 16.7 Å². The number of imide groups is 1. The quantitative estimate of drug-likeness (QED) is 0.601. The molecular weight excluding hydrogens is 416 g/mol. The molecule has 2 aromatic carbocycles. The zero-order valence-corrected chi connectivity index (χ0v) is 18.1. The van der Waals surface area contributed by atoms with E-state index in [1.807, 2.05) is 12.1 Å². The largest absolute Gasteiger partial charge is 0.481 e. The molecule has 1 unspecified atom stereocenters. The molecule has 1 saturated heterocycles. The van der Waals surface area contributed by atoms with E-state index in [4.69, 9.17) is 5.11 Å². The fraction of sp³-hybridized carbons (Fsp3) is 0.304. The van der Waals surface area contributed by atoms with Gasteiger partial charge in [-0.1, -0.05) is 26.0 Å². The normalized spacial score (nSPS) is 16.1. The number of carbonyl (C=O) groups excluding carboxylic acids is 3. The molecule has 1 atom stereocenters. The van der Waals surface area contributed by atoms with E-state index < -0.39 is 11.2 Å². The van der Waals surface area contributed by atoms with Crippen LogP contribution in [0.4, 0.5) is 11.4 Å². The summed E-state index contributed by atoms with van der Waals surface area (Å²) in [5, 5.41) is 10.8. The molecule has 162 valence electrons. The van der Waals surface area contributed by atoms with Gasteiger partial charge in [-0.3, -0.25) is 19.2 Å². The summed E-state index contributed by atoms with van der Waals surface area (Å²) in [4.78, 5) is 49.7. The second-order valence-electron chi connectivity index (χ2n) is 7.59. The monoisotopic (exact) mass is 440 g/mol. The molecule has 0 bridgehead atoms. The first-order valence-electron chi connectivity index (χ1n) is 9.99. The van der Waals surface area contributed by atoms with Crippen LogP contribution in [0.1, 0.15) is 44.6 Å². The van der Waals surface area contributed by atoms with Gasteiger partial charge in [-0.25, -0.2) is 4.90 Å². The van der Waals surface area contributed by atoms with Crippen molar-refractivity contribution in [2.45, 2.75) is 49.2 Å². The Morgan fingerprint density at radius 1 is 1.06 bits per heavy atom. The third kappa shape index (κ3) is 5.73. The van der Waals surface area contributed by atoms with Gasteiger partial charge in [0.05, 0.1) is 17.4 Å². The molecule has 2 aromatic rings. The minimum atomic E-state index is -1.03. The van der Waals surface area contributed by atoms with Gasteiger partial charge in [-0.05, 0) is 47.9 Å². The highest BCUT2D eigenvalue weighted by Gasteiger charge is 2.40. The molecule has 8 heteroatoms. The summed E-state index contributed by atoms with van der Waals surface area (Å²) in [6.07, 6.45) is -0.199. The van der Waals surface area contributed by atoms with Gasteiger partial charge < -0.3 is 10.4 Å². The second-order valence-corrected chi connectivity index (χ2v) is 8.87. The zero-order chi connectivity index (χ0) is 22.5. The van der Waals surface area contributed by atoms with E-state index >= 15 is 0 Å². The predicted octanol–water partition coefficient (Wildman–Crippen LogP) is 4.04. The molecule has 1 aliphatic heterocycles. The highest BCUT2D eigenvalue weighted by Crippen LogP contribution is 2.34. The van der Waals surface area contributed by atoms with E-state index in [9.17, 15) is 19.2 Å². The maximum absolute atomic E-state index is 12.9. The lowest BCUT2D eigenvalue weighted by Gasteiger charge is -2.16. The number of hydrogen-bond donors (Lipinski definition) is 2. The van der Waals surface area contributed by atoms with Gasteiger partial charge in [0.15, 0.2) is 0 Å². The molecule has 0 saturated carbocycles. The summed E-state index contributed by atoms with van der Waals surface area (Å²) in [5.41, 5.74) is 2.27. The average Bonchev–Trinajstić information content (AvgIpc) is 3.01. The van der Waals surface area contributed by atoms with Crippen molar-refractivity contribution in [2.24, 2.45) is 0 Å². The summed E-state index contributed by atoms with van der Waals surface area (Å²) in [7, 11) is 0. The molecule has 0 aliphatic carbocycles. The third-order valence-electron chi connectivity index (χ3n) is 4.91. The SMILES string of the molecule is CC(C)c1ccc(N2C(=O)CC(Sc3ccc(NC(=O)CCC(=O)O)cc3)C2=O)cc1. The minimum Gasteiger partial charge on any atom is -0.481 e. The number of rotatable bonds is 8. The number of hydrogen-bond acceptors (Lipinski definition) is 5. The van der Waals surface area contributed by atoms with E-state index in [-0.39, 0.29) is 37.0 Å². The Morgan fingerprint density at radius 2 is 1.71 bits per heavy atom. The summed E-state index contributed by atoms with van der Waals surface area (Å²) in [6.45, 7) is 4.17. The Morgan fingerprint density at radius 3 is 2.29 bits per heavy atom. The zero-order valence-electron chi connectivity index (χ0n) is 17.3. The molecule has 1 fully saturated rings. The molecule has 2 N–H and O–H groups in total. The molecule has 7 nitrogen and oxygen atoms in total. The van der Waals surface area contributed by atoms with Crippen LogP contribution in [0.25, 0.3) is 0 Å². The Labute approximate surface area is 184 Å². The smallest absolute Gasteiger partial charge is 0.303 e. The number of benzene rings is 2. The van der Waals surface area contributed by atoms with E-state index in [0.717, 1.165) is 10.5 Å². The highest BCUT2D eigenvalue weighted by molar-refractivity contribution is 8.00. The molecule has 3 amide bonds. The standard InChI is InChI=1S/C23H24N2O5S/c1-14(2)15-3-7-17(8-4-15)25-21(27)13-19(23(25)30)31-18-9-5-16(6-10-18)24-20(26)11-12-22(28)29/h3-10,14,19H,11-13H2,1-2H3,(H,24,26)(H,28,29). The van der Waals surface area contributed by atoms with Crippen LogP contribution in [-0.4, -0.2) is 34.0 Å². The molecule has 31 heavy (non-hydrogen) atoms. The van der Waals surface area contributed by atoms with Gasteiger partial charge >= 0.3 is 5.97 Å².